The molecule has 3 heterocycles. The zero-order chi connectivity index (χ0) is 14.3. The van der Waals surface area contributed by atoms with E-state index < -0.39 is 23.3 Å². The number of hydrogen-bond donors (Lipinski definition) is 3. The highest BCUT2D eigenvalue weighted by atomic mass is 32.1. The van der Waals surface area contributed by atoms with Gasteiger partial charge in [0, 0.05) is 0 Å². The predicted molar refractivity (Wildman–Crippen MR) is 70.5 cm³/mol. The van der Waals surface area contributed by atoms with E-state index in [0.29, 0.717) is 5.76 Å². The molecule has 3 rings (SSSR count). The number of nitrogens with one attached hydrogen (secondary N) is 3. The molecule has 8 heteroatoms. The fraction of sp³-hybridized carbons (Fsp3) is 0.167. The van der Waals surface area contributed by atoms with Gasteiger partial charge in [-0.05, 0) is 24.4 Å². The zero-order valence-corrected chi connectivity index (χ0v) is 10.8. The van der Waals surface area contributed by atoms with Crippen LogP contribution in [0.25, 0.3) is 0 Å². The van der Waals surface area contributed by atoms with Crippen LogP contribution in [0.5, 0.6) is 0 Å². The maximum Gasteiger partial charge on any atom is 0.257 e. The van der Waals surface area contributed by atoms with Gasteiger partial charge in [0.2, 0.25) is 5.91 Å². The number of H-pyrrole nitrogens is 2. The largest absolute Gasteiger partial charge is 0.469 e. The lowest BCUT2D eigenvalue weighted by atomic mass is 9.82. The number of furan rings is 1. The molecule has 3 N–H and O–H groups in total. The van der Waals surface area contributed by atoms with Crippen molar-refractivity contribution in [2.24, 2.45) is 5.92 Å². The summed E-state index contributed by atoms with van der Waals surface area (Å²) in [6.07, 6.45) is 1.43. The molecule has 0 saturated heterocycles. The second-order valence-electron chi connectivity index (χ2n) is 4.29. The third kappa shape index (κ3) is 1.76. The van der Waals surface area contributed by atoms with Gasteiger partial charge in [0.25, 0.3) is 5.56 Å². The van der Waals surface area contributed by atoms with Crippen LogP contribution in [0.4, 0.5) is 5.82 Å². The predicted octanol–water partition coefficient (Wildman–Crippen LogP) is 1.25. The number of aromatic nitrogens is 2. The summed E-state index contributed by atoms with van der Waals surface area (Å²) >= 11 is 4.87. The van der Waals surface area contributed by atoms with Crippen molar-refractivity contribution in [3.8, 4) is 6.07 Å². The first-order valence-corrected chi connectivity index (χ1v) is 6.13. The van der Waals surface area contributed by atoms with Gasteiger partial charge in [-0.25, -0.2) is 0 Å². The highest BCUT2D eigenvalue weighted by molar-refractivity contribution is 7.71. The molecule has 2 aromatic rings. The third-order valence-corrected chi connectivity index (χ3v) is 3.35. The maximum atomic E-state index is 12.1. The summed E-state index contributed by atoms with van der Waals surface area (Å²) < 4.78 is 5.37. The number of fused-ring (bicyclic) bond motifs is 1. The summed E-state index contributed by atoms with van der Waals surface area (Å²) in [6.45, 7) is 0. The molecule has 0 unspecified atom stereocenters. The normalized spacial score (nSPS) is 20.9. The molecule has 1 aliphatic rings. The lowest BCUT2D eigenvalue weighted by Gasteiger charge is -2.26. The minimum atomic E-state index is -1.04. The van der Waals surface area contributed by atoms with E-state index in [2.05, 4.69) is 15.3 Å². The topological polar surface area (TPSA) is 115 Å². The lowest BCUT2D eigenvalue weighted by molar-refractivity contribution is -0.119. The molecule has 1 amide bonds. The summed E-state index contributed by atoms with van der Waals surface area (Å²) in [7, 11) is 0. The smallest absolute Gasteiger partial charge is 0.257 e. The third-order valence-electron chi connectivity index (χ3n) is 3.14. The molecule has 100 valence electrons. The van der Waals surface area contributed by atoms with Crippen molar-refractivity contribution in [2.45, 2.75) is 5.92 Å². The van der Waals surface area contributed by atoms with Crippen molar-refractivity contribution in [2.75, 3.05) is 5.32 Å². The molecule has 0 bridgehead atoms. The highest BCUT2D eigenvalue weighted by Crippen LogP contribution is 2.37. The summed E-state index contributed by atoms with van der Waals surface area (Å²) in [6, 6.07) is 5.17. The second-order valence-corrected chi connectivity index (χ2v) is 4.69. The van der Waals surface area contributed by atoms with Crippen LogP contribution in [-0.2, 0) is 4.79 Å². The van der Waals surface area contributed by atoms with Gasteiger partial charge in [-0.1, -0.05) is 0 Å². The van der Waals surface area contributed by atoms with E-state index in [4.69, 9.17) is 16.6 Å². The average Bonchev–Trinajstić information content (AvgIpc) is 2.90. The molecular weight excluding hydrogens is 280 g/mol. The van der Waals surface area contributed by atoms with Crippen molar-refractivity contribution < 1.29 is 9.21 Å². The standard InChI is InChI=1S/C12H8N4O3S/c13-4-5-7(6-2-1-3-19-6)8-9(14-10(5)17)15-12(20)16-11(8)18/h1-3,5,7H,(H3,14,15,16,17,18,20)/t5-,7+/m0/s1. The SMILES string of the molecule is N#C[C@@H]1C(=O)Nc2[nH]c(=S)[nH]c(=O)c2[C@H]1c1ccco1. The van der Waals surface area contributed by atoms with E-state index in [9.17, 15) is 14.9 Å². The fourth-order valence-electron chi connectivity index (χ4n) is 2.32. The molecule has 2 atom stereocenters. The van der Waals surface area contributed by atoms with E-state index in [-0.39, 0.29) is 16.2 Å². The minimum absolute atomic E-state index is 0.0997. The van der Waals surface area contributed by atoms with E-state index in [0.717, 1.165) is 0 Å². The van der Waals surface area contributed by atoms with Gasteiger partial charge in [0.1, 0.15) is 17.5 Å². The molecule has 0 aliphatic carbocycles. The van der Waals surface area contributed by atoms with Crippen molar-refractivity contribution in [1.29, 1.82) is 5.26 Å². The van der Waals surface area contributed by atoms with Crippen LogP contribution in [0.3, 0.4) is 0 Å². The van der Waals surface area contributed by atoms with Crippen molar-refractivity contribution in [3.05, 3.63) is 44.8 Å². The molecule has 0 spiro atoms. The number of nitriles is 1. The van der Waals surface area contributed by atoms with Gasteiger partial charge in [-0.15, -0.1) is 0 Å². The molecule has 1 aliphatic heterocycles. The van der Waals surface area contributed by atoms with Gasteiger partial charge < -0.3 is 14.7 Å². The molecule has 7 nitrogen and oxygen atoms in total. The maximum absolute atomic E-state index is 12.1. The number of carbonyl (C=O) groups is 1. The number of amides is 1. The molecule has 0 saturated carbocycles. The van der Waals surface area contributed by atoms with E-state index >= 15 is 0 Å². The summed E-state index contributed by atoms with van der Waals surface area (Å²) in [5.74, 6) is -1.73. The Hall–Kier alpha value is -2.66. The van der Waals surface area contributed by atoms with Crippen LogP contribution in [0.1, 0.15) is 17.2 Å². The van der Waals surface area contributed by atoms with Crippen molar-refractivity contribution in [3.63, 3.8) is 0 Å². The van der Waals surface area contributed by atoms with Gasteiger partial charge >= 0.3 is 0 Å². The minimum Gasteiger partial charge on any atom is -0.469 e. The number of hydrogen-bond acceptors (Lipinski definition) is 5. The monoisotopic (exact) mass is 288 g/mol. The zero-order valence-electron chi connectivity index (χ0n) is 9.97. The number of aromatic amines is 2. The number of carbonyl (C=O) groups excluding carboxylic acids is 1. The molecule has 2 aromatic heterocycles. The van der Waals surface area contributed by atoms with Crippen molar-refractivity contribution >= 4 is 23.9 Å². The molecule has 0 fully saturated rings. The van der Waals surface area contributed by atoms with Gasteiger partial charge in [-0.2, -0.15) is 5.26 Å². The van der Waals surface area contributed by atoms with E-state index in [1.54, 1.807) is 12.1 Å². The molecular formula is C12H8N4O3S. The van der Waals surface area contributed by atoms with Crippen LogP contribution < -0.4 is 10.9 Å². The number of rotatable bonds is 1. The van der Waals surface area contributed by atoms with E-state index in [1.165, 1.54) is 6.26 Å². The Morgan fingerprint density at radius 2 is 2.15 bits per heavy atom. The van der Waals surface area contributed by atoms with E-state index in [1.807, 2.05) is 6.07 Å². The van der Waals surface area contributed by atoms with Crippen LogP contribution in [0.15, 0.2) is 27.6 Å². The van der Waals surface area contributed by atoms with Gasteiger partial charge in [0.05, 0.1) is 23.8 Å². The van der Waals surface area contributed by atoms with Crippen molar-refractivity contribution in [1.82, 2.24) is 9.97 Å². The van der Waals surface area contributed by atoms with Gasteiger partial charge in [-0.3, -0.25) is 14.6 Å². The number of nitrogens with zero attached hydrogens (tertiary/aromatic N) is 1. The van der Waals surface area contributed by atoms with Crippen LogP contribution in [0, 0.1) is 22.0 Å². The second kappa shape index (κ2) is 4.47. The Kier molecular flexibility index (Phi) is 2.76. The first-order valence-electron chi connectivity index (χ1n) is 5.72. The summed E-state index contributed by atoms with van der Waals surface area (Å²) in [5, 5.41) is 11.7. The Balaban J connectivity index is 2.31. The Bertz CT molecular complexity index is 828. The average molecular weight is 288 g/mol. The van der Waals surface area contributed by atoms with Crippen LogP contribution in [0.2, 0.25) is 0 Å². The first kappa shape index (κ1) is 12.4. The molecule has 20 heavy (non-hydrogen) atoms. The highest BCUT2D eigenvalue weighted by Gasteiger charge is 2.41. The first-order chi connectivity index (χ1) is 9.61. The Labute approximate surface area is 117 Å². The number of anilines is 1. The lowest BCUT2D eigenvalue weighted by Crippen LogP contribution is -2.38. The van der Waals surface area contributed by atoms with Crippen LogP contribution >= 0.6 is 12.2 Å². The quantitative estimate of drug-likeness (QED) is 0.683. The molecule has 0 radical (unpaired) electrons. The van der Waals surface area contributed by atoms with Crippen LogP contribution in [-0.4, -0.2) is 15.9 Å². The fourth-order valence-corrected chi connectivity index (χ4v) is 2.51. The summed E-state index contributed by atoms with van der Waals surface area (Å²) in [5.41, 5.74) is -0.217. The Morgan fingerprint density at radius 3 is 2.80 bits per heavy atom. The van der Waals surface area contributed by atoms with Gasteiger partial charge in [0.15, 0.2) is 4.77 Å². The summed E-state index contributed by atoms with van der Waals surface area (Å²) in [4.78, 5) is 29.3. The Morgan fingerprint density at radius 1 is 1.35 bits per heavy atom. The molecule has 0 aromatic carbocycles.